The van der Waals surface area contributed by atoms with Crippen LogP contribution in [-0.2, 0) is 0 Å². The minimum atomic E-state index is 0.164. The summed E-state index contributed by atoms with van der Waals surface area (Å²) >= 11 is 7.86. The summed E-state index contributed by atoms with van der Waals surface area (Å²) in [6.45, 7) is 0. The minimum absolute atomic E-state index is 0.164. The molecule has 0 aliphatic carbocycles. The SMILES string of the molecule is Clc1cccc(C2=CC(c3ccsc3)N(c3ccccc3)N2)c1. The number of anilines is 1. The van der Waals surface area contributed by atoms with Crippen molar-refractivity contribution in [3.05, 3.63) is 93.6 Å². The number of halogens is 1. The summed E-state index contributed by atoms with van der Waals surface area (Å²) < 4.78 is 0. The molecule has 1 aliphatic rings. The zero-order chi connectivity index (χ0) is 15.6. The first-order valence-corrected chi connectivity index (χ1v) is 8.74. The highest BCUT2D eigenvalue weighted by Gasteiger charge is 2.27. The van der Waals surface area contributed by atoms with Gasteiger partial charge in [0.1, 0.15) is 0 Å². The lowest BCUT2D eigenvalue weighted by Gasteiger charge is -2.27. The molecule has 1 aromatic heterocycles. The average Bonchev–Trinajstić information content (AvgIpc) is 3.25. The summed E-state index contributed by atoms with van der Waals surface area (Å²) in [4.78, 5) is 0. The lowest BCUT2D eigenvalue weighted by Crippen LogP contribution is -2.33. The van der Waals surface area contributed by atoms with Crippen LogP contribution in [0.2, 0.25) is 5.02 Å². The molecule has 0 radical (unpaired) electrons. The maximum Gasteiger partial charge on any atom is 0.0966 e. The van der Waals surface area contributed by atoms with Crippen LogP contribution in [0, 0.1) is 0 Å². The van der Waals surface area contributed by atoms with Crippen molar-refractivity contribution in [2.75, 3.05) is 5.01 Å². The molecule has 4 heteroatoms. The number of thiophene rings is 1. The quantitative estimate of drug-likeness (QED) is 0.677. The topological polar surface area (TPSA) is 15.3 Å². The van der Waals surface area contributed by atoms with Crippen LogP contribution in [0.1, 0.15) is 17.2 Å². The van der Waals surface area contributed by atoms with Gasteiger partial charge in [0, 0.05) is 10.6 Å². The van der Waals surface area contributed by atoms with Crippen LogP contribution in [0.4, 0.5) is 5.69 Å². The van der Waals surface area contributed by atoms with E-state index >= 15 is 0 Å². The fourth-order valence-corrected chi connectivity index (χ4v) is 3.67. The molecule has 0 bridgehead atoms. The van der Waals surface area contributed by atoms with Crippen molar-refractivity contribution in [3.63, 3.8) is 0 Å². The Morgan fingerprint density at radius 3 is 2.61 bits per heavy atom. The van der Waals surface area contributed by atoms with E-state index < -0.39 is 0 Å². The summed E-state index contributed by atoms with van der Waals surface area (Å²) in [7, 11) is 0. The van der Waals surface area contributed by atoms with Gasteiger partial charge in [-0.3, -0.25) is 10.4 Å². The predicted molar refractivity (Wildman–Crippen MR) is 98.5 cm³/mol. The Labute approximate surface area is 144 Å². The number of nitrogens with zero attached hydrogens (tertiary/aromatic N) is 1. The smallest absolute Gasteiger partial charge is 0.0966 e. The third-order valence-electron chi connectivity index (χ3n) is 3.90. The molecule has 4 rings (SSSR count). The molecule has 2 aromatic carbocycles. The van der Waals surface area contributed by atoms with Gasteiger partial charge in [-0.1, -0.05) is 41.9 Å². The first-order chi connectivity index (χ1) is 11.3. The molecule has 0 saturated carbocycles. The molecule has 2 nitrogen and oxygen atoms in total. The van der Waals surface area contributed by atoms with Crippen molar-refractivity contribution in [2.24, 2.45) is 0 Å². The Hall–Kier alpha value is -2.23. The van der Waals surface area contributed by atoms with Gasteiger partial charge in [0.2, 0.25) is 0 Å². The molecule has 0 amide bonds. The van der Waals surface area contributed by atoms with Crippen molar-refractivity contribution >= 4 is 34.3 Å². The Morgan fingerprint density at radius 1 is 1.00 bits per heavy atom. The van der Waals surface area contributed by atoms with E-state index in [1.807, 2.05) is 24.3 Å². The van der Waals surface area contributed by atoms with Gasteiger partial charge in [-0.2, -0.15) is 11.3 Å². The van der Waals surface area contributed by atoms with E-state index in [1.54, 1.807) is 11.3 Å². The lowest BCUT2D eigenvalue weighted by atomic mass is 10.1. The number of rotatable bonds is 3. The van der Waals surface area contributed by atoms with Crippen molar-refractivity contribution in [3.8, 4) is 0 Å². The molecule has 23 heavy (non-hydrogen) atoms. The van der Waals surface area contributed by atoms with E-state index in [-0.39, 0.29) is 6.04 Å². The molecule has 0 spiro atoms. The van der Waals surface area contributed by atoms with Gasteiger partial charge in [-0.05, 0) is 52.7 Å². The van der Waals surface area contributed by atoms with E-state index in [4.69, 9.17) is 11.6 Å². The molecule has 1 aliphatic heterocycles. The van der Waals surface area contributed by atoms with Crippen molar-refractivity contribution in [2.45, 2.75) is 6.04 Å². The van der Waals surface area contributed by atoms with E-state index in [0.29, 0.717) is 0 Å². The Balaban J connectivity index is 1.74. The number of nitrogens with one attached hydrogen (secondary N) is 1. The first-order valence-electron chi connectivity index (χ1n) is 7.42. The molecule has 1 unspecified atom stereocenters. The summed E-state index contributed by atoms with van der Waals surface area (Å²) in [6.07, 6.45) is 2.25. The monoisotopic (exact) mass is 338 g/mol. The minimum Gasteiger partial charge on any atom is -0.297 e. The predicted octanol–water partition coefficient (Wildman–Crippen LogP) is 5.51. The molecular weight excluding hydrogens is 324 g/mol. The largest absolute Gasteiger partial charge is 0.297 e. The van der Waals surface area contributed by atoms with Crippen LogP contribution < -0.4 is 10.4 Å². The average molecular weight is 339 g/mol. The number of hydrazine groups is 1. The molecule has 2 heterocycles. The fraction of sp³-hybridized carbons (Fsp3) is 0.0526. The third-order valence-corrected chi connectivity index (χ3v) is 4.83. The van der Waals surface area contributed by atoms with Crippen molar-refractivity contribution in [1.82, 2.24) is 5.43 Å². The van der Waals surface area contributed by atoms with E-state index in [1.165, 1.54) is 5.56 Å². The van der Waals surface area contributed by atoms with Gasteiger partial charge in [0.25, 0.3) is 0 Å². The molecule has 0 fully saturated rings. The van der Waals surface area contributed by atoms with Gasteiger partial charge < -0.3 is 0 Å². The highest BCUT2D eigenvalue weighted by Crippen LogP contribution is 2.35. The second-order valence-corrected chi connectivity index (χ2v) is 6.63. The van der Waals surface area contributed by atoms with Crippen LogP contribution in [-0.4, -0.2) is 0 Å². The summed E-state index contributed by atoms with van der Waals surface area (Å²) in [5.41, 5.74) is 8.12. The molecule has 114 valence electrons. The number of hydrogen-bond donors (Lipinski definition) is 1. The Bertz CT molecular complexity index is 828. The molecule has 1 N–H and O–H groups in total. The fourth-order valence-electron chi connectivity index (χ4n) is 2.79. The van der Waals surface area contributed by atoms with Crippen LogP contribution >= 0.6 is 22.9 Å². The van der Waals surface area contributed by atoms with Gasteiger partial charge in [0.05, 0.1) is 17.4 Å². The normalized spacial score (nSPS) is 17.0. The zero-order valence-corrected chi connectivity index (χ0v) is 13.9. The standard InChI is InChI=1S/C19H15ClN2S/c20-16-6-4-5-14(11-16)18-12-19(15-9-10-23-13-15)22(21-18)17-7-2-1-3-8-17/h1-13,19,21H. The zero-order valence-electron chi connectivity index (χ0n) is 12.3. The third kappa shape index (κ3) is 2.85. The lowest BCUT2D eigenvalue weighted by molar-refractivity contribution is 0.726. The summed E-state index contributed by atoms with van der Waals surface area (Å²) in [5, 5.41) is 7.25. The molecular formula is C19H15ClN2S. The maximum atomic E-state index is 6.15. The molecule has 3 aromatic rings. The number of benzene rings is 2. The summed E-state index contributed by atoms with van der Waals surface area (Å²) in [6, 6.07) is 20.6. The van der Waals surface area contributed by atoms with E-state index in [2.05, 4.69) is 63.7 Å². The Morgan fingerprint density at radius 2 is 1.87 bits per heavy atom. The second kappa shape index (κ2) is 6.11. The van der Waals surface area contributed by atoms with Gasteiger partial charge >= 0.3 is 0 Å². The highest BCUT2D eigenvalue weighted by molar-refractivity contribution is 7.08. The number of para-hydroxylation sites is 1. The van der Waals surface area contributed by atoms with E-state index in [0.717, 1.165) is 22.0 Å². The first kappa shape index (κ1) is 14.4. The van der Waals surface area contributed by atoms with Crippen molar-refractivity contribution in [1.29, 1.82) is 0 Å². The van der Waals surface area contributed by atoms with Crippen LogP contribution in [0.5, 0.6) is 0 Å². The van der Waals surface area contributed by atoms with Crippen LogP contribution in [0.15, 0.2) is 77.5 Å². The van der Waals surface area contributed by atoms with Crippen LogP contribution in [0.3, 0.4) is 0 Å². The van der Waals surface area contributed by atoms with Gasteiger partial charge in [-0.25, -0.2) is 0 Å². The summed E-state index contributed by atoms with van der Waals surface area (Å²) in [5.74, 6) is 0. The number of hydrogen-bond acceptors (Lipinski definition) is 3. The van der Waals surface area contributed by atoms with Gasteiger partial charge in [-0.15, -0.1) is 0 Å². The maximum absolute atomic E-state index is 6.15. The second-order valence-electron chi connectivity index (χ2n) is 5.41. The highest BCUT2D eigenvalue weighted by atomic mass is 35.5. The molecule has 0 saturated heterocycles. The van der Waals surface area contributed by atoms with E-state index in [9.17, 15) is 0 Å². The molecule has 1 atom stereocenters. The van der Waals surface area contributed by atoms with Gasteiger partial charge in [0.15, 0.2) is 0 Å². The Kier molecular flexibility index (Phi) is 3.82. The van der Waals surface area contributed by atoms with Crippen molar-refractivity contribution < 1.29 is 0 Å². The van der Waals surface area contributed by atoms with Crippen LogP contribution in [0.25, 0.3) is 5.70 Å².